The summed E-state index contributed by atoms with van der Waals surface area (Å²) >= 11 is 6.29. The highest BCUT2D eigenvalue weighted by atomic mass is 35.5. The van der Waals surface area contributed by atoms with Crippen molar-refractivity contribution in [3.63, 3.8) is 0 Å². The van der Waals surface area contributed by atoms with E-state index in [0.29, 0.717) is 23.3 Å². The second-order valence-electron chi connectivity index (χ2n) is 6.24. The number of fused-ring (bicyclic) bond motifs is 2. The molecule has 4 unspecified atom stereocenters. The Bertz CT molecular complexity index is 537. The van der Waals surface area contributed by atoms with Crippen LogP contribution in [0.2, 0.25) is 5.02 Å². The van der Waals surface area contributed by atoms with Gasteiger partial charge in [0.15, 0.2) is 0 Å². The molecule has 3 rings (SSSR count). The van der Waals surface area contributed by atoms with Crippen LogP contribution in [0.1, 0.15) is 37.6 Å². The van der Waals surface area contributed by atoms with Crippen LogP contribution in [-0.2, 0) is 17.8 Å². The Morgan fingerprint density at radius 1 is 1.45 bits per heavy atom. The molecule has 0 saturated heterocycles. The molecule has 2 N–H and O–H groups in total. The van der Waals surface area contributed by atoms with Crippen molar-refractivity contribution in [3.8, 4) is 0 Å². The highest BCUT2D eigenvalue weighted by Gasteiger charge is 2.48. The first kappa shape index (κ1) is 14.1. The SMILES string of the molecule is CCn1nc(C)c(Cl)c1CC(=O)C1C2CCC(C2)C1N. The van der Waals surface area contributed by atoms with Crippen molar-refractivity contribution in [2.45, 2.75) is 52.1 Å². The third-order valence-corrected chi connectivity index (χ3v) is 5.64. The molecule has 0 amide bonds. The fraction of sp³-hybridized carbons (Fsp3) is 0.733. The molecule has 4 nitrogen and oxygen atoms in total. The van der Waals surface area contributed by atoms with Crippen LogP contribution < -0.4 is 5.73 Å². The van der Waals surface area contributed by atoms with Crippen molar-refractivity contribution in [1.82, 2.24) is 9.78 Å². The van der Waals surface area contributed by atoms with Crippen LogP contribution in [0, 0.1) is 24.7 Å². The number of carbonyl (C=O) groups excluding carboxylic acids is 1. The number of nitrogens with zero attached hydrogens (tertiary/aromatic N) is 2. The maximum absolute atomic E-state index is 12.7. The normalized spacial score (nSPS) is 32.0. The topological polar surface area (TPSA) is 60.9 Å². The molecule has 110 valence electrons. The molecule has 2 bridgehead atoms. The van der Waals surface area contributed by atoms with E-state index in [2.05, 4.69) is 5.10 Å². The highest BCUT2D eigenvalue weighted by Crippen LogP contribution is 2.48. The van der Waals surface area contributed by atoms with E-state index in [0.717, 1.165) is 30.8 Å². The summed E-state index contributed by atoms with van der Waals surface area (Å²) < 4.78 is 1.84. The largest absolute Gasteiger partial charge is 0.327 e. The predicted molar refractivity (Wildman–Crippen MR) is 78.7 cm³/mol. The van der Waals surface area contributed by atoms with Gasteiger partial charge in [0.05, 0.1) is 22.8 Å². The fourth-order valence-electron chi connectivity index (χ4n) is 4.13. The van der Waals surface area contributed by atoms with E-state index >= 15 is 0 Å². The second kappa shape index (κ2) is 5.15. The monoisotopic (exact) mass is 295 g/mol. The molecule has 2 fully saturated rings. The van der Waals surface area contributed by atoms with E-state index in [-0.39, 0.29) is 17.7 Å². The van der Waals surface area contributed by atoms with Crippen molar-refractivity contribution in [3.05, 3.63) is 16.4 Å². The van der Waals surface area contributed by atoms with Crippen LogP contribution in [0.4, 0.5) is 0 Å². The van der Waals surface area contributed by atoms with Gasteiger partial charge < -0.3 is 5.73 Å². The predicted octanol–water partition coefficient (Wildman–Crippen LogP) is 2.35. The zero-order valence-corrected chi connectivity index (χ0v) is 12.9. The van der Waals surface area contributed by atoms with E-state index in [9.17, 15) is 4.79 Å². The van der Waals surface area contributed by atoms with Crippen LogP contribution in [-0.4, -0.2) is 21.6 Å². The Balaban J connectivity index is 1.80. The minimum atomic E-state index is 0.0327. The van der Waals surface area contributed by atoms with Crippen LogP contribution in [0.25, 0.3) is 0 Å². The molecule has 4 atom stereocenters. The quantitative estimate of drug-likeness (QED) is 0.927. The number of ketones is 1. The number of nitrogens with two attached hydrogens (primary N) is 1. The van der Waals surface area contributed by atoms with Gasteiger partial charge in [-0.25, -0.2) is 0 Å². The van der Waals surface area contributed by atoms with E-state index < -0.39 is 0 Å². The summed E-state index contributed by atoms with van der Waals surface area (Å²) in [7, 11) is 0. The molecule has 2 aliphatic rings. The molecule has 1 aromatic heterocycles. The number of halogens is 1. The molecule has 1 aromatic rings. The summed E-state index contributed by atoms with van der Waals surface area (Å²) in [6.45, 7) is 4.63. The number of hydrogen-bond donors (Lipinski definition) is 1. The molecule has 20 heavy (non-hydrogen) atoms. The van der Waals surface area contributed by atoms with Gasteiger partial charge in [-0.05, 0) is 44.9 Å². The summed E-state index contributed by atoms with van der Waals surface area (Å²) in [5.74, 6) is 1.34. The Morgan fingerprint density at radius 2 is 2.15 bits per heavy atom. The fourth-order valence-corrected chi connectivity index (χ4v) is 4.34. The first-order valence-electron chi connectivity index (χ1n) is 7.53. The van der Waals surface area contributed by atoms with Gasteiger partial charge in [0.2, 0.25) is 0 Å². The number of aryl methyl sites for hydroxylation is 2. The Hall–Kier alpha value is -0.870. The van der Waals surface area contributed by atoms with Gasteiger partial charge >= 0.3 is 0 Å². The number of rotatable bonds is 4. The average Bonchev–Trinajstić information content (AvgIpc) is 3.07. The Labute approximate surface area is 124 Å². The van der Waals surface area contributed by atoms with E-state index in [4.69, 9.17) is 17.3 Å². The zero-order valence-electron chi connectivity index (χ0n) is 12.1. The van der Waals surface area contributed by atoms with Gasteiger partial charge in [0.1, 0.15) is 5.78 Å². The van der Waals surface area contributed by atoms with E-state index in [1.165, 1.54) is 6.42 Å². The van der Waals surface area contributed by atoms with Crippen molar-refractivity contribution < 1.29 is 4.79 Å². The first-order chi connectivity index (χ1) is 9.52. The standard InChI is InChI=1S/C15H22ClN3O/c1-3-19-11(14(16)8(2)18-19)7-12(20)13-9-4-5-10(6-9)15(13)17/h9-10,13,15H,3-7,17H2,1-2H3. The lowest BCUT2D eigenvalue weighted by atomic mass is 9.81. The summed E-state index contributed by atoms with van der Waals surface area (Å²) in [6, 6.07) is 0.0547. The van der Waals surface area contributed by atoms with Gasteiger partial charge in [0.25, 0.3) is 0 Å². The second-order valence-corrected chi connectivity index (χ2v) is 6.62. The minimum absolute atomic E-state index is 0.0327. The molecule has 2 saturated carbocycles. The molecule has 2 aliphatic carbocycles. The van der Waals surface area contributed by atoms with Crippen molar-refractivity contribution in [1.29, 1.82) is 0 Å². The van der Waals surface area contributed by atoms with Crippen LogP contribution in [0.15, 0.2) is 0 Å². The highest BCUT2D eigenvalue weighted by molar-refractivity contribution is 6.32. The van der Waals surface area contributed by atoms with Gasteiger partial charge in [-0.2, -0.15) is 5.10 Å². The first-order valence-corrected chi connectivity index (χ1v) is 7.90. The zero-order chi connectivity index (χ0) is 14.4. The maximum atomic E-state index is 12.7. The summed E-state index contributed by atoms with van der Waals surface area (Å²) in [5, 5.41) is 5.01. The molecular formula is C15H22ClN3O. The minimum Gasteiger partial charge on any atom is -0.327 e. The number of aromatic nitrogens is 2. The van der Waals surface area contributed by atoms with Gasteiger partial charge in [-0.15, -0.1) is 0 Å². The molecule has 0 aliphatic heterocycles. The van der Waals surface area contributed by atoms with Gasteiger partial charge in [0, 0.05) is 18.5 Å². The smallest absolute Gasteiger partial charge is 0.143 e. The molecule has 1 heterocycles. The van der Waals surface area contributed by atoms with Crippen LogP contribution >= 0.6 is 11.6 Å². The number of hydrogen-bond acceptors (Lipinski definition) is 3. The van der Waals surface area contributed by atoms with Crippen molar-refractivity contribution >= 4 is 17.4 Å². The van der Waals surface area contributed by atoms with Gasteiger partial charge in [-0.1, -0.05) is 11.6 Å². The molecule has 5 heteroatoms. The summed E-state index contributed by atoms with van der Waals surface area (Å²) in [4.78, 5) is 12.7. The summed E-state index contributed by atoms with van der Waals surface area (Å²) in [5.41, 5.74) is 7.91. The van der Waals surface area contributed by atoms with E-state index in [1.807, 2.05) is 18.5 Å². The lowest BCUT2D eigenvalue weighted by Gasteiger charge is -2.26. The van der Waals surface area contributed by atoms with Crippen LogP contribution in [0.3, 0.4) is 0 Å². The van der Waals surface area contributed by atoms with Gasteiger partial charge in [-0.3, -0.25) is 9.48 Å². The molecule has 0 spiro atoms. The summed E-state index contributed by atoms with van der Waals surface area (Å²) in [6.07, 6.45) is 3.86. The van der Waals surface area contributed by atoms with E-state index in [1.54, 1.807) is 0 Å². The lowest BCUT2D eigenvalue weighted by molar-refractivity contribution is -0.124. The third-order valence-electron chi connectivity index (χ3n) is 5.15. The van der Waals surface area contributed by atoms with Crippen molar-refractivity contribution in [2.24, 2.45) is 23.5 Å². The Kier molecular flexibility index (Phi) is 3.63. The average molecular weight is 296 g/mol. The number of carbonyl (C=O) groups is 1. The lowest BCUT2D eigenvalue weighted by Crippen LogP contribution is -2.41. The Morgan fingerprint density at radius 3 is 2.75 bits per heavy atom. The molecular weight excluding hydrogens is 274 g/mol. The maximum Gasteiger partial charge on any atom is 0.143 e. The molecule has 0 radical (unpaired) electrons. The number of Topliss-reactive ketones (excluding diaryl/α,β-unsaturated/α-hetero) is 1. The van der Waals surface area contributed by atoms with Crippen molar-refractivity contribution in [2.75, 3.05) is 0 Å². The van der Waals surface area contributed by atoms with Crippen LogP contribution in [0.5, 0.6) is 0 Å². The molecule has 0 aromatic carbocycles. The third kappa shape index (κ3) is 2.09.